The number of urea groups is 1. The second-order valence-electron chi connectivity index (χ2n) is 6.08. The van der Waals surface area contributed by atoms with Gasteiger partial charge in [-0.3, -0.25) is 0 Å². The van der Waals surface area contributed by atoms with E-state index in [4.69, 9.17) is 4.74 Å². The summed E-state index contributed by atoms with van der Waals surface area (Å²) in [6.07, 6.45) is 0.985. The number of amides is 2. The molecule has 26 heavy (non-hydrogen) atoms. The van der Waals surface area contributed by atoms with Crippen molar-refractivity contribution in [2.24, 2.45) is 0 Å². The van der Waals surface area contributed by atoms with Crippen molar-refractivity contribution in [3.05, 3.63) is 59.1 Å². The molecule has 3 rings (SSSR count). The minimum absolute atomic E-state index is 0.115. The van der Waals surface area contributed by atoms with Gasteiger partial charge < -0.3 is 15.0 Å². The largest absolute Gasteiger partial charge is 0.494 e. The van der Waals surface area contributed by atoms with Gasteiger partial charge in [-0.25, -0.2) is 9.78 Å². The first-order chi connectivity index (χ1) is 12.7. The van der Waals surface area contributed by atoms with E-state index >= 15 is 0 Å². The Morgan fingerprint density at radius 1 is 1.19 bits per heavy atom. The number of fused-ring (bicyclic) bond motifs is 1. The highest BCUT2D eigenvalue weighted by Gasteiger charge is 2.11. The number of benzene rings is 2. The number of nitrogens with zero attached hydrogens (tertiary/aromatic N) is 2. The Kier molecular flexibility index (Phi) is 6.07. The molecule has 0 bridgehead atoms. The minimum atomic E-state index is -0.115. The molecule has 1 N–H and O–H groups in total. The summed E-state index contributed by atoms with van der Waals surface area (Å²) in [5.41, 5.74) is 2.02. The molecule has 2 aromatic carbocycles. The molecule has 5 nitrogen and oxygen atoms in total. The summed E-state index contributed by atoms with van der Waals surface area (Å²) in [5.74, 6) is 0.856. The van der Waals surface area contributed by atoms with Crippen LogP contribution >= 0.6 is 11.3 Å². The van der Waals surface area contributed by atoms with Crippen LogP contribution in [-0.2, 0) is 13.1 Å². The van der Waals surface area contributed by atoms with Crippen LogP contribution in [0.3, 0.4) is 0 Å². The van der Waals surface area contributed by atoms with Gasteiger partial charge in [0.15, 0.2) is 0 Å². The van der Waals surface area contributed by atoms with E-state index in [9.17, 15) is 4.79 Å². The van der Waals surface area contributed by atoms with Crippen LogP contribution in [0.4, 0.5) is 4.79 Å². The first-order valence-corrected chi connectivity index (χ1v) is 9.52. The zero-order chi connectivity index (χ0) is 18.4. The zero-order valence-electron chi connectivity index (χ0n) is 15.1. The van der Waals surface area contributed by atoms with E-state index in [2.05, 4.69) is 17.2 Å². The van der Waals surface area contributed by atoms with E-state index in [1.54, 1.807) is 23.3 Å². The van der Waals surface area contributed by atoms with Gasteiger partial charge in [0.2, 0.25) is 0 Å². The summed E-state index contributed by atoms with van der Waals surface area (Å²) >= 11 is 1.62. The number of ether oxygens (including phenoxy) is 1. The molecule has 1 aromatic heterocycles. The number of nitrogens with one attached hydrogen (secondary N) is 1. The Bertz CT molecular complexity index is 828. The lowest BCUT2D eigenvalue weighted by atomic mass is 10.2. The molecule has 0 fully saturated rings. The van der Waals surface area contributed by atoms with Crippen molar-refractivity contribution >= 4 is 27.6 Å². The first kappa shape index (κ1) is 18.2. The highest BCUT2D eigenvalue weighted by atomic mass is 32.1. The maximum absolute atomic E-state index is 12.3. The van der Waals surface area contributed by atoms with E-state index < -0.39 is 0 Å². The van der Waals surface area contributed by atoms with Gasteiger partial charge in [0, 0.05) is 13.6 Å². The van der Waals surface area contributed by atoms with Crippen molar-refractivity contribution in [2.45, 2.75) is 26.4 Å². The van der Waals surface area contributed by atoms with Crippen LogP contribution in [0.2, 0.25) is 0 Å². The van der Waals surface area contributed by atoms with Gasteiger partial charge in [-0.15, -0.1) is 11.3 Å². The number of carbonyl (C=O) groups excluding carboxylic acids is 1. The summed E-state index contributed by atoms with van der Waals surface area (Å²) in [6.45, 7) is 3.77. The zero-order valence-corrected chi connectivity index (χ0v) is 15.9. The number of hydrogen-bond acceptors (Lipinski definition) is 4. The highest BCUT2D eigenvalue weighted by molar-refractivity contribution is 7.18. The van der Waals surface area contributed by atoms with Crippen LogP contribution in [0, 0.1) is 0 Å². The summed E-state index contributed by atoms with van der Waals surface area (Å²) < 4.78 is 6.70. The maximum atomic E-state index is 12.3. The molecule has 0 aliphatic carbocycles. The van der Waals surface area contributed by atoms with E-state index in [1.807, 2.05) is 48.5 Å². The lowest BCUT2D eigenvalue weighted by molar-refractivity contribution is 0.206. The Morgan fingerprint density at radius 2 is 1.96 bits per heavy atom. The first-order valence-electron chi connectivity index (χ1n) is 8.71. The fourth-order valence-electron chi connectivity index (χ4n) is 2.50. The smallest absolute Gasteiger partial charge is 0.317 e. The number of carbonyl (C=O) groups is 1. The average molecular weight is 369 g/mol. The molecule has 0 radical (unpaired) electrons. The van der Waals surface area contributed by atoms with Gasteiger partial charge in [0.25, 0.3) is 0 Å². The number of hydrogen-bond donors (Lipinski definition) is 1. The molecular formula is C20H23N3O2S. The van der Waals surface area contributed by atoms with Crippen molar-refractivity contribution in [2.75, 3.05) is 13.7 Å². The van der Waals surface area contributed by atoms with Crippen LogP contribution in [0.5, 0.6) is 5.75 Å². The van der Waals surface area contributed by atoms with Crippen molar-refractivity contribution in [1.29, 1.82) is 0 Å². The molecule has 1 heterocycles. The Hall–Kier alpha value is -2.60. The third kappa shape index (κ3) is 4.73. The van der Waals surface area contributed by atoms with E-state index in [1.165, 1.54) is 0 Å². The average Bonchev–Trinajstić information content (AvgIpc) is 3.07. The van der Waals surface area contributed by atoms with Gasteiger partial charge in [-0.2, -0.15) is 0 Å². The SMILES string of the molecule is CCCOc1ccc(CNC(=O)N(C)Cc2nc3ccccc3s2)cc1. The molecule has 0 saturated heterocycles. The number of rotatable bonds is 7. The quantitative estimate of drug-likeness (QED) is 0.670. The van der Waals surface area contributed by atoms with Crippen LogP contribution in [-0.4, -0.2) is 29.6 Å². The van der Waals surface area contributed by atoms with Crippen molar-refractivity contribution in [3.63, 3.8) is 0 Å². The molecule has 2 amide bonds. The third-order valence-electron chi connectivity index (χ3n) is 3.90. The van der Waals surface area contributed by atoms with Crippen molar-refractivity contribution in [1.82, 2.24) is 15.2 Å². The molecule has 136 valence electrons. The molecule has 0 atom stereocenters. The molecule has 3 aromatic rings. The molecule has 0 saturated carbocycles. The number of aromatic nitrogens is 1. The van der Waals surface area contributed by atoms with E-state index in [0.29, 0.717) is 19.7 Å². The van der Waals surface area contributed by atoms with E-state index in [0.717, 1.165) is 33.0 Å². The number of thiazole rings is 1. The maximum Gasteiger partial charge on any atom is 0.317 e. The minimum Gasteiger partial charge on any atom is -0.494 e. The van der Waals surface area contributed by atoms with Crippen LogP contribution in [0.1, 0.15) is 23.9 Å². The van der Waals surface area contributed by atoms with Crippen LogP contribution in [0.25, 0.3) is 10.2 Å². The third-order valence-corrected chi connectivity index (χ3v) is 4.92. The lowest BCUT2D eigenvalue weighted by Crippen LogP contribution is -2.36. The Balaban J connectivity index is 1.50. The predicted molar refractivity (Wildman–Crippen MR) is 106 cm³/mol. The molecule has 6 heteroatoms. The molecule has 0 unspecified atom stereocenters. The van der Waals surface area contributed by atoms with Crippen molar-refractivity contribution in [3.8, 4) is 5.75 Å². The summed E-state index contributed by atoms with van der Waals surface area (Å²) in [5, 5.41) is 3.87. The topological polar surface area (TPSA) is 54.5 Å². The van der Waals surface area contributed by atoms with Gasteiger partial charge >= 0.3 is 6.03 Å². The van der Waals surface area contributed by atoms with Gasteiger partial charge in [-0.1, -0.05) is 31.2 Å². The Morgan fingerprint density at radius 3 is 2.69 bits per heavy atom. The summed E-state index contributed by atoms with van der Waals surface area (Å²) in [4.78, 5) is 18.5. The second kappa shape index (κ2) is 8.67. The fraction of sp³-hybridized carbons (Fsp3) is 0.300. The fourth-order valence-corrected chi connectivity index (χ4v) is 3.52. The Labute approximate surface area is 157 Å². The normalized spacial score (nSPS) is 10.7. The highest BCUT2D eigenvalue weighted by Crippen LogP contribution is 2.22. The summed E-state index contributed by atoms with van der Waals surface area (Å²) in [7, 11) is 1.78. The number of para-hydroxylation sites is 1. The lowest BCUT2D eigenvalue weighted by Gasteiger charge is -2.16. The van der Waals surface area contributed by atoms with E-state index in [-0.39, 0.29) is 6.03 Å². The van der Waals surface area contributed by atoms with Crippen LogP contribution in [0.15, 0.2) is 48.5 Å². The molecular weight excluding hydrogens is 346 g/mol. The molecule has 0 aliphatic rings. The predicted octanol–water partition coefficient (Wildman–Crippen LogP) is 4.43. The van der Waals surface area contributed by atoms with Crippen molar-refractivity contribution < 1.29 is 9.53 Å². The standard InChI is InChI=1S/C20H23N3O2S/c1-3-12-25-16-10-8-15(9-11-16)13-21-20(24)23(2)14-19-22-17-6-4-5-7-18(17)26-19/h4-11H,3,12-14H2,1-2H3,(H,21,24). The molecule has 0 aliphatic heterocycles. The van der Waals surface area contributed by atoms with Gasteiger partial charge in [0.1, 0.15) is 10.8 Å². The summed E-state index contributed by atoms with van der Waals surface area (Å²) in [6, 6.07) is 15.7. The monoisotopic (exact) mass is 369 g/mol. The molecule has 0 spiro atoms. The van der Waals surface area contributed by atoms with Gasteiger partial charge in [0.05, 0.1) is 23.4 Å². The van der Waals surface area contributed by atoms with Crippen LogP contribution < -0.4 is 10.1 Å². The second-order valence-corrected chi connectivity index (χ2v) is 7.20. The van der Waals surface area contributed by atoms with Gasteiger partial charge in [-0.05, 0) is 36.2 Å².